The summed E-state index contributed by atoms with van der Waals surface area (Å²) < 4.78 is 68.3. The van der Waals surface area contributed by atoms with Crippen LogP contribution in [0.15, 0.2) is 88.2 Å². The van der Waals surface area contributed by atoms with Crippen molar-refractivity contribution in [2.24, 2.45) is 7.05 Å². The Hall–Kier alpha value is -4.44. The van der Waals surface area contributed by atoms with Crippen LogP contribution in [0.25, 0.3) is 33.4 Å². The van der Waals surface area contributed by atoms with E-state index in [1.165, 1.54) is 35.9 Å². The minimum absolute atomic E-state index is 0.132. The summed E-state index contributed by atoms with van der Waals surface area (Å²) in [6, 6.07) is 18.2. The number of furan rings is 1. The second kappa shape index (κ2) is 9.79. The fourth-order valence-electron chi connectivity index (χ4n) is 4.01. The van der Waals surface area contributed by atoms with E-state index in [0.717, 1.165) is 17.7 Å². The summed E-state index contributed by atoms with van der Waals surface area (Å²) in [5.41, 5.74) is 1.65. The number of pyridine rings is 1. The molecule has 0 bridgehead atoms. The van der Waals surface area contributed by atoms with Gasteiger partial charge in [-0.25, -0.2) is 17.2 Å². The minimum Gasteiger partial charge on any atom is -0.455 e. The predicted octanol–water partition coefficient (Wildman–Crippen LogP) is 6.30. The van der Waals surface area contributed by atoms with Crippen molar-refractivity contribution in [3.8, 4) is 33.9 Å². The Bertz CT molecular complexity index is 1830. The average molecular weight is 537 g/mol. The minimum atomic E-state index is -3.62. The SMILES string of the molecule is CCS(=O)(=O)Nc1ccc(Oc2ccc(F)cc2F)c(-c2cn(C)c(=O)c3cc(-c4ccccc4)oc23)c1. The molecule has 7 nitrogen and oxygen atoms in total. The van der Waals surface area contributed by atoms with Crippen LogP contribution in [0.3, 0.4) is 0 Å². The molecule has 38 heavy (non-hydrogen) atoms. The molecule has 2 heterocycles. The van der Waals surface area contributed by atoms with Crippen molar-refractivity contribution < 1.29 is 26.4 Å². The standard InChI is InChI=1S/C28H22F2N2O5S/c1-3-38(34,35)31-19-10-12-24(36-25-11-9-18(29)13-23(25)30)20(14-19)22-16-32(2)28(33)21-15-26(37-27(21)22)17-7-5-4-6-8-17/h4-16,31H,3H2,1-2H3. The van der Waals surface area contributed by atoms with E-state index < -0.39 is 21.7 Å². The zero-order chi connectivity index (χ0) is 27.0. The Kier molecular flexibility index (Phi) is 6.50. The van der Waals surface area contributed by atoms with Crippen molar-refractivity contribution >= 4 is 26.7 Å². The number of hydrogen-bond acceptors (Lipinski definition) is 5. The lowest BCUT2D eigenvalue weighted by atomic mass is 10.0. The number of aryl methyl sites for hydroxylation is 1. The zero-order valence-corrected chi connectivity index (χ0v) is 21.2. The van der Waals surface area contributed by atoms with Crippen LogP contribution in [0, 0.1) is 11.6 Å². The van der Waals surface area contributed by atoms with Crippen LogP contribution in [0.2, 0.25) is 0 Å². The highest BCUT2D eigenvalue weighted by Gasteiger charge is 2.21. The van der Waals surface area contributed by atoms with Crippen molar-refractivity contribution in [2.45, 2.75) is 6.92 Å². The number of rotatable bonds is 7. The van der Waals surface area contributed by atoms with Gasteiger partial charge in [0.25, 0.3) is 5.56 Å². The first-order chi connectivity index (χ1) is 18.1. The molecule has 194 valence electrons. The van der Waals surface area contributed by atoms with Gasteiger partial charge in [-0.1, -0.05) is 30.3 Å². The van der Waals surface area contributed by atoms with Gasteiger partial charge in [0, 0.05) is 41.7 Å². The Morgan fingerprint density at radius 3 is 2.39 bits per heavy atom. The third-order valence-electron chi connectivity index (χ3n) is 5.95. The summed E-state index contributed by atoms with van der Waals surface area (Å²) in [6.07, 6.45) is 1.53. The highest BCUT2D eigenvalue weighted by Crippen LogP contribution is 2.40. The molecule has 0 radical (unpaired) electrons. The fourth-order valence-corrected chi connectivity index (χ4v) is 4.64. The van der Waals surface area contributed by atoms with Gasteiger partial charge < -0.3 is 13.7 Å². The maximum absolute atomic E-state index is 14.5. The number of fused-ring (bicyclic) bond motifs is 1. The number of aromatic nitrogens is 1. The number of nitrogens with zero attached hydrogens (tertiary/aromatic N) is 1. The number of hydrogen-bond donors (Lipinski definition) is 1. The maximum atomic E-state index is 14.5. The maximum Gasteiger partial charge on any atom is 0.261 e. The fraction of sp³-hybridized carbons (Fsp3) is 0.107. The molecule has 5 aromatic rings. The van der Waals surface area contributed by atoms with Crippen LogP contribution in [0.5, 0.6) is 11.5 Å². The van der Waals surface area contributed by atoms with Crippen molar-refractivity contribution in [3.63, 3.8) is 0 Å². The van der Waals surface area contributed by atoms with Gasteiger partial charge in [-0.05, 0) is 43.3 Å². The monoisotopic (exact) mass is 536 g/mol. The number of sulfonamides is 1. The van der Waals surface area contributed by atoms with E-state index in [2.05, 4.69) is 4.72 Å². The van der Waals surface area contributed by atoms with Gasteiger partial charge in [0.15, 0.2) is 11.6 Å². The molecular weight excluding hydrogens is 514 g/mol. The molecule has 3 aromatic carbocycles. The molecular formula is C28H22F2N2O5S. The predicted molar refractivity (Wildman–Crippen MR) is 142 cm³/mol. The molecule has 0 saturated heterocycles. The molecule has 10 heteroatoms. The van der Waals surface area contributed by atoms with Crippen LogP contribution >= 0.6 is 0 Å². The highest BCUT2D eigenvalue weighted by molar-refractivity contribution is 7.92. The highest BCUT2D eigenvalue weighted by atomic mass is 32.2. The molecule has 0 aliphatic carbocycles. The van der Waals surface area contributed by atoms with Crippen LogP contribution in [-0.2, 0) is 17.1 Å². The molecule has 0 spiro atoms. The Morgan fingerprint density at radius 2 is 1.68 bits per heavy atom. The van der Waals surface area contributed by atoms with E-state index in [4.69, 9.17) is 9.15 Å². The summed E-state index contributed by atoms with van der Waals surface area (Å²) in [7, 11) is -2.04. The second-order valence-electron chi connectivity index (χ2n) is 8.57. The lowest BCUT2D eigenvalue weighted by Crippen LogP contribution is -2.16. The van der Waals surface area contributed by atoms with Gasteiger partial charge >= 0.3 is 0 Å². The van der Waals surface area contributed by atoms with E-state index in [9.17, 15) is 22.0 Å². The summed E-state index contributed by atoms with van der Waals surface area (Å²) in [4.78, 5) is 13.0. The molecule has 0 aliphatic rings. The first-order valence-electron chi connectivity index (χ1n) is 11.6. The van der Waals surface area contributed by atoms with E-state index >= 15 is 0 Å². The van der Waals surface area contributed by atoms with E-state index in [1.807, 2.05) is 30.3 Å². The molecule has 0 fully saturated rings. The lowest BCUT2D eigenvalue weighted by Gasteiger charge is -2.15. The molecule has 0 atom stereocenters. The summed E-state index contributed by atoms with van der Waals surface area (Å²) in [5, 5.41) is 0.294. The molecule has 0 unspecified atom stereocenters. The topological polar surface area (TPSA) is 90.5 Å². The molecule has 5 rings (SSSR count). The molecule has 0 saturated carbocycles. The van der Waals surface area contributed by atoms with Gasteiger partial charge in [0.1, 0.15) is 22.9 Å². The molecule has 0 amide bonds. The van der Waals surface area contributed by atoms with E-state index in [-0.39, 0.29) is 34.1 Å². The van der Waals surface area contributed by atoms with Gasteiger partial charge in [0.2, 0.25) is 10.0 Å². The molecule has 1 N–H and O–H groups in total. The second-order valence-corrected chi connectivity index (χ2v) is 10.6. The molecule has 0 aliphatic heterocycles. The van der Waals surface area contributed by atoms with Gasteiger partial charge in [-0.15, -0.1) is 0 Å². The van der Waals surface area contributed by atoms with Gasteiger partial charge in [0.05, 0.1) is 11.1 Å². The van der Waals surface area contributed by atoms with Crippen molar-refractivity contribution in [1.82, 2.24) is 4.57 Å². The lowest BCUT2D eigenvalue weighted by molar-refractivity contribution is 0.439. The van der Waals surface area contributed by atoms with Crippen molar-refractivity contribution in [3.05, 3.63) is 101 Å². The zero-order valence-electron chi connectivity index (χ0n) is 20.4. The number of benzene rings is 3. The first-order valence-corrected chi connectivity index (χ1v) is 13.3. The van der Waals surface area contributed by atoms with Crippen LogP contribution < -0.4 is 15.0 Å². The Morgan fingerprint density at radius 1 is 0.947 bits per heavy atom. The summed E-state index contributed by atoms with van der Waals surface area (Å²) >= 11 is 0. The smallest absolute Gasteiger partial charge is 0.261 e. The number of nitrogens with one attached hydrogen (secondary N) is 1. The third-order valence-corrected chi connectivity index (χ3v) is 7.25. The average Bonchev–Trinajstić information content (AvgIpc) is 3.35. The first kappa shape index (κ1) is 25.2. The van der Waals surface area contributed by atoms with Crippen molar-refractivity contribution in [2.75, 3.05) is 10.5 Å². The third kappa shape index (κ3) is 4.90. The Balaban J connectivity index is 1.74. The van der Waals surface area contributed by atoms with Crippen molar-refractivity contribution in [1.29, 1.82) is 0 Å². The summed E-state index contributed by atoms with van der Waals surface area (Å²) in [5.74, 6) is -1.47. The Labute approximate surface area is 217 Å². The summed E-state index contributed by atoms with van der Waals surface area (Å²) in [6.45, 7) is 1.50. The quantitative estimate of drug-likeness (QED) is 0.264. The number of ether oxygens (including phenoxy) is 1. The number of halogens is 2. The van der Waals surface area contributed by atoms with Gasteiger partial charge in [-0.3, -0.25) is 9.52 Å². The van der Waals surface area contributed by atoms with E-state index in [0.29, 0.717) is 28.3 Å². The van der Waals surface area contributed by atoms with Crippen LogP contribution in [0.1, 0.15) is 6.92 Å². The van der Waals surface area contributed by atoms with E-state index in [1.54, 1.807) is 13.1 Å². The normalized spacial score (nSPS) is 11.6. The molecule has 2 aromatic heterocycles. The van der Waals surface area contributed by atoms with Crippen LogP contribution in [0.4, 0.5) is 14.5 Å². The number of anilines is 1. The van der Waals surface area contributed by atoms with Gasteiger partial charge in [-0.2, -0.15) is 0 Å². The largest absolute Gasteiger partial charge is 0.455 e. The van der Waals surface area contributed by atoms with Crippen LogP contribution in [-0.4, -0.2) is 18.7 Å².